The van der Waals surface area contributed by atoms with Crippen LogP contribution in [0.15, 0.2) is 192 Å². The van der Waals surface area contributed by atoms with Crippen LogP contribution in [0.4, 0.5) is 0 Å². The predicted octanol–water partition coefficient (Wildman–Crippen LogP) is 10.4. The summed E-state index contributed by atoms with van der Waals surface area (Å²) >= 11 is 0. The lowest BCUT2D eigenvalue weighted by Gasteiger charge is -2.44. The molecule has 0 spiro atoms. The van der Waals surface area contributed by atoms with Gasteiger partial charge in [-0.2, -0.15) is 5.26 Å². The Bertz CT molecular complexity index is 3120. The highest BCUT2D eigenvalue weighted by molar-refractivity contribution is 6.13. The highest BCUT2D eigenvalue weighted by Crippen LogP contribution is 2.62. The number of para-hydroxylation sites is 1. The molecule has 5 unspecified atom stereocenters. The van der Waals surface area contributed by atoms with Gasteiger partial charge in [-0.25, -0.2) is 9.98 Å². The Kier molecular flexibility index (Phi) is 9.26. The summed E-state index contributed by atoms with van der Waals surface area (Å²) in [7, 11) is 0. The molecule has 3 aliphatic rings. The standard InChI is InChI=1S/C55H43N5/c1-36-17-9-12-28-47(36)55(42-23-7-4-8-24-42)48-29-13-10-27-45(48)50-37(2)31-46-44-26-11-14-30-49(44)60(52(46)51(50)55)43-25-16-19-39(33-43)35-58-54(40-20-5-3-6-21-40)59-53(57)41-22-15-18-38(32-41)34-56/h3-33,35-37,47,50,57H,1-2H3/b57-53?,58-35+,59-54-. The van der Waals surface area contributed by atoms with Crippen molar-refractivity contribution in [2.75, 3.05) is 0 Å². The topological polar surface area (TPSA) is 77.3 Å². The normalized spacial score (nSPS) is 21.6. The lowest BCUT2D eigenvalue weighted by Crippen LogP contribution is -2.47. The molecule has 1 heterocycles. The molecule has 0 amide bonds. The Hall–Kier alpha value is -7.42. The fourth-order valence-corrected chi connectivity index (χ4v) is 10.2. The van der Waals surface area contributed by atoms with E-state index in [2.05, 4.69) is 158 Å². The van der Waals surface area contributed by atoms with Crippen LogP contribution in [0.1, 0.15) is 58.7 Å². The van der Waals surface area contributed by atoms with Crippen LogP contribution >= 0.6 is 0 Å². The average molecular weight is 774 g/mol. The molecular weight excluding hydrogens is 731 g/mol. The molecule has 7 aromatic rings. The maximum atomic E-state index is 9.48. The molecule has 5 heteroatoms. The lowest BCUT2D eigenvalue weighted by molar-refractivity contribution is 0.386. The fraction of sp³-hybridized carbons (Fsp3) is 0.127. The van der Waals surface area contributed by atoms with Gasteiger partial charge in [0, 0.05) is 45.5 Å². The second-order valence-corrected chi connectivity index (χ2v) is 16.1. The Morgan fingerprint density at radius 1 is 0.733 bits per heavy atom. The van der Waals surface area contributed by atoms with E-state index in [-0.39, 0.29) is 23.6 Å². The van der Waals surface area contributed by atoms with E-state index in [1.165, 1.54) is 38.2 Å². The molecule has 3 aliphatic carbocycles. The van der Waals surface area contributed by atoms with E-state index in [1.54, 1.807) is 24.3 Å². The molecule has 0 aliphatic heterocycles. The maximum absolute atomic E-state index is 9.48. The Morgan fingerprint density at radius 2 is 1.45 bits per heavy atom. The summed E-state index contributed by atoms with van der Waals surface area (Å²) in [4.78, 5) is 9.66. The third-order valence-electron chi connectivity index (χ3n) is 12.7. The number of allylic oxidation sites excluding steroid dienone is 4. The first-order chi connectivity index (χ1) is 29.5. The minimum Gasteiger partial charge on any atom is -0.309 e. The zero-order valence-corrected chi connectivity index (χ0v) is 33.6. The number of aliphatic imine (C=N–C) groups is 2. The van der Waals surface area contributed by atoms with Gasteiger partial charge in [0.05, 0.1) is 27.9 Å². The van der Waals surface area contributed by atoms with Gasteiger partial charge in [-0.3, -0.25) is 5.41 Å². The Balaban J connectivity index is 1.21. The van der Waals surface area contributed by atoms with Crippen LogP contribution in [-0.4, -0.2) is 22.5 Å². The van der Waals surface area contributed by atoms with E-state index < -0.39 is 5.41 Å². The van der Waals surface area contributed by atoms with Gasteiger partial charge in [0.25, 0.3) is 0 Å². The van der Waals surface area contributed by atoms with Crippen LogP contribution < -0.4 is 10.6 Å². The molecular formula is C55H43N5. The van der Waals surface area contributed by atoms with Crippen LogP contribution in [0, 0.1) is 34.5 Å². The number of hydrogen-bond donors (Lipinski definition) is 1. The molecule has 6 aromatic carbocycles. The van der Waals surface area contributed by atoms with E-state index in [0.717, 1.165) is 22.3 Å². The highest BCUT2D eigenvalue weighted by Gasteiger charge is 2.56. The van der Waals surface area contributed by atoms with Crippen molar-refractivity contribution >= 4 is 40.4 Å². The molecule has 0 saturated heterocycles. The summed E-state index contributed by atoms with van der Waals surface area (Å²) in [6, 6.07) is 56.8. The maximum Gasteiger partial charge on any atom is 0.161 e. The van der Waals surface area contributed by atoms with Crippen molar-refractivity contribution in [2.45, 2.75) is 25.2 Å². The van der Waals surface area contributed by atoms with Gasteiger partial charge in [0.1, 0.15) is 0 Å². The molecule has 5 atom stereocenters. The van der Waals surface area contributed by atoms with Crippen LogP contribution in [0.5, 0.6) is 0 Å². The number of benzene rings is 6. The summed E-state index contributed by atoms with van der Waals surface area (Å²) in [6.45, 7) is 4.78. The van der Waals surface area contributed by atoms with Gasteiger partial charge >= 0.3 is 0 Å². The summed E-state index contributed by atoms with van der Waals surface area (Å²) < 4.78 is 2.51. The summed E-state index contributed by atoms with van der Waals surface area (Å²) in [5.74, 6) is 1.39. The predicted molar refractivity (Wildman–Crippen MR) is 245 cm³/mol. The number of nitrogens with zero attached hydrogens (tertiary/aromatic N) is 4. The number of hydrogen-bond acceptors (Lipinski definition) is 2. The van der Waals surface area contributed by atoms with Crippen molar-refractivity contribution < 1.29 is 0 Å². The van der Waals surface area contributed by atoms with Crippen molar-refractivity contribution in [1.82, 2.24) is 4.57 Å². The third-order valence-corrected chi connectivity index (χ3v) is 12.7. The zero-order valence-electron chi connectivity index (χ0n) is 33.6. The Labute approximate surface area is 350 Å². The number of aromatic nitrogens is 1. The van der Waals surface area contributed by atoms with Crippen molar-refractivity contribution in [3.05, 3.63) is 232 Å². The number of nitriles is 1. The number of amidine groups is 2. The van der Waals surface area contributed by atoms with Gasteiger partial charge in [-0.1, -0.05) is 172 Å². The first-order valence-corrected chi connectivity index (χ1v) is 20.7. The quantitative estimate of drug-likeness (QED) is 0.133. The van der Waals surface area contributed by atoms with Crippen molar-refractivity contribution in [3.63, 3.8) is 0 Å². The molecule has 0 saturated carbocycles. The SMILES string of the molecule is CC1C=c2c(n(-c3cccc(/C=N/C(=N\C(=N)c4cccc(C#N)c4)c4ccccc4)c3)c3ccccc23)=C2C1c1ccccc1C2(c1ccccc1)C1C=CC=CC1C. The summed E-state index contributed by atoms with van der Waals surface area (Å²) in [5, 5.41) is 22.2. The van der Waals surface area contributed by atoms with Gasteiger partial charge in [-0.05, 0) is 70.0 Å². The number of nitrogens with one attached hydrogen (secondary N) is 1. The average Bonchev–Trinajstić information content (AvgIpc) is 3.80. The molecule has 1 N–H and O–H groups in total. The molecule has 0 bridgehead atoms. The minimum absolute atomic E-state index is 0.0384. The van der Waals surface area contributed by atoms with Gasteiger partial charge in [0.2, 0.25) is 0 Å². The van der Waals surface area contributed by atoms with Crippen molar-refractivity contribution in [3.8, 4) is 11.8 Å². The fourth-order valence-electron chi connectivity index (χ4n) is 10.2. The largest absolute Gasteiger partial charge is 0.309 e. The molecule has 5 nitrogen and oxygen atoms in total. The molecule has 10 rings (SSSR count). The first-order valence-electron chi connectivity index (χ1n) is 20.7. The number of fused-ring (bicyclic) bond motifs is 6. The van der Waals surface area contributed by atoms with Crippen LogP contribution in [0.3, 0.4) is 0 Å². The third kappa shape index (κ3) is 5.95. The van der Waals surface area contributed by atoms with E-state index >= 15 is 0 Å². The molecule has 60 heavy (non-hydrogen) atoms. The van der Waals surface area contributed by atoms with Crippen LogP contribution in [-0.2, 0) is 5.41 Å². The zero-order chi connectivity index (χ0) is 40.8. The van der Waals surface area contributed by atoms with Crippen molar-refractivity contribution in [1.29, 1.82) is 10.7 Å². The molecule has 288 valence electrons. The lowest BCUT2D eigenvalue weighted by atomic mass is 9.58. The van der Waals surface area contributed by atoms with Gasteiger partial charge < -0.3 is 4.57 Å². The first kappa shape index (κ1) is 36.9. The monoisotopic (exact) mass is 773 g/mol. The molecule has 0 radical (unpaired) electrons. The van der Waals surface area contributed by atoms with E-state index in [1.807, 2.05) is 36.5 Å². The number of rotatable bonds is 6. The summed E-state index contributed by atoms with van der Waals surface area (Å²) in [5.41, 5.74) is 10.1. The van der Waals surface area contributed by atoms with Gasteiger partial charge in [0.15, 0.2) is 11.7 Å². The summed E-state index contributed by atoms with van der Waals surface area (Å²) in [6.07, 6.45) is 13.7. The van der Waals surface area contributed by atoms with Crippen LogP contribution in [0.25, 0.3) is 28.2 Å². The van der Waals surface area contributed by atoms with E-state index in [9.17, 15) is 5.26 Å². The van der Waals surface area contributed by atoms with E-state index in [0.29, 0.717) is 22.9 Å². The second kappa shape index (κ2) is 15.1. The molecule has 1 aromatic heterocycles. The molecule has 0 fully saturated rings. The smallest absolute Gasteiger partial charge is 0.161 e. The van der Waals surface area contributed by atoms with Gasteiger partial charge in [-0.15, -0.1) is 0 Å². The van der Waals surface area contributed by atoms with Crippen molar-refractivity contribution in [2.24, 2.45) is 27.7 Å². The minimum atomic E-state index is -0.427. The second-order valence-electron chi connectivity index (χ2n) is 16.1. The van der Waals surface area contributed by atoms with Crippen LogP contribution in [0.2, 0.25) is 0 Å². The van der Waals surface area contributed by atoms with E-state index in [4.69, 9.17) is 15.4 Å². The Morgan fingerprint density at radius 3 is 2.27 bits per heavy atom. The highest BCUT2D eigenvalue weighted by atomic mass is 15.0.